The normalized spacial score (nSPS) is 15.1. The van der Waals surface area contributed by atoms with Gasteiger partial charge in [0, 0.05) is 13.5 Å². The highest BCUT2D eigenvalue weighted by Crippen LogP contribution is 2.25. The first-order valence-electron chi connectivity index (χ1n) is 4.87. The predicted molar refractivity (Wildman–Crippen MR) is 61.4 cm³/mol. The van der Waals surface area contributed by atoms with Crippen molar-refractivity contribution in [3.63, 3.8) is 0 Å². The number of azo groups is 1. The molecule has 2 N–H and O–H groups in total. The van der Waals surface area contributed by atoms with Crippen molar-refractivity contribution < 1.29 is 4.74 Å². The standard InChI is InChI=1S/C11H12N4O/c1-13-11(12)16-9-6-8-4-2-3-5-10(8)15-14-7-9/h2-5,7H,6H2,1H3,(H2,12,13). The first kappa shape index (κ1) is 10.4. The van der Waals surface area contributed by atoms with Crippen LogP contribution in [0.15, 0.2) is 51.4 Å². The summed E-state index contributed by atoms with van der Waals surface area (Å²) in [6.45, 7) is 0. The number of benzene rings is 1. The SMILES string of the molecule is CN=C(N)OC1=CN=Nc2ccccc2C1. The number of ether oxygens (including phenoxy) is 1. The lowest BCUT2D eigenvalue weighted by molar-refractivity contribution is 0.394. The molecule has 1 aliphatic rings. The zero-order valence-electron chi connectivity index (χ0n) is 8.92. The fourth-order valence-electron chi connectivity index (χ4n) is 1.39. The van der Waals surface area contributed by atoms with E-state index in [1.54, 1.807) is 13.2 Å². The summed E-state index contributed by atoms with van der Waals surface area (Å²) in [6.07, 6.45) is 2.16. The molecule has 5 heteroatoms. The quantitative estimate of drug-likeness (QED) is 0.577. The van der Waals surface area contributed by atoms with Crippen LogP contribution in [0.3, 0.4) is 0 Å². The average Bonchev–Trinajstić information content (AvgIpc) is 2.50. The van der Waals surface area contributed by atoms with E-state index in [-0.39, 0.29) is 6.02 Å². The van der Waals surface area contributed by atoms with Crippen LogP contribution < -0.4 is 5.73 Å². The molecule has 0 atom stereocenters. The Morgan fingerprint density at radius 3 is 3.06 bits per heavy atom. The molecule has 82 valence electrons. The number of aliphatic imine (C=N–C) groups is 1. The van der Waals surface area contributed by atoms with Crippen LogP contribution in [-0.2, 0) is 11.2 Å². The highest BCUT2D eigenvalue weighted by molar-refractivity contribution is 5.72. The molecule has 1 heterocycles. The molecule has 0 amide bonds. The number of fused-ring (bicyclic) bond motifs is 1. The Balaban J connectivity index is 2.23. The Kier molecular flexibility index (Phi) is 2.95. The van der Waals surface area contributed by atoms with Gasteiger partial charge in [-0.15, -0.1) is 0 Å². The Labute approximate surface area is 93.4 Å². The maximum Gasteiger partial charge on any atom is 0.286 e. The van der Waals surface area contributed by atoms with Gasteiger partial charge in [0.1, 0.15) is 5.76 Å². The van der Waals surface area contributed by atoms with Gasteiger partial charge < -0.3 is 10.5 Å². The van der Waals surface area contributed by atoms with Crippen molar-refractivity contribution in [2.75, 3.05) is 7.05 Å². The van der Waals surface area contributed by atoms with Gasteiger partial charge in [0.15, 0.2) is 0 Å². The van der Waals surface area contributed by atoms with Gasteiger partial charge in [-0.3, -0.25) is 0 Å². The molecule has 5 nitrogen and oxygen atoms in total. The van der Waals surface area contributed by atoms with Crippen LogP contribution in [0.1, 0.15) is 5.56 Å². The fraction of sp³-hybridized carbons (Fsp3) is 0.182. The Bertz CT molecular complexity index is 477. The monoisotopic (exact) mass is 216 g/mol. The van der Waals surface area contributed by atoms with Gasteiger partial charge in [0.25, 0.3) is 6.02 Å². The fourth-order valence-corrected chi connectivity index (χ4v) is 1.39. The number of amidine groups is 1. The third kappa shape index (κ3) is 2.25. The summed E-state index contributed by atoms with van der Waals surface area (Å²) >= 11 is 0. The van der Waals surface area contributed by atoms with E-state index < -0.39 is 0 Å². The number of nitrogens with zero attached hydrogens (tertiary/aromatic N) is 3. The third-order valence-electron chi connectivity index (χ3n) is 2.18. The molecule has 0 radical (unpaired) electrons. The van der Waals surface area contributed by atoms with Crippen molar-refractivity contribution in [2.45, 2.75) is 6.42 Å². The Morgan fingerprint density at radius 1 is 1.44 bits per heavy atom. The first-order chi connectivity index (χ1) is 7.79. The van der Waals surface area contributed by atoms with Crippen LogP contribution >= 0.6 is 0 Å². The minimum Gasteiger partial charge on any atom is -0.429 e. The average molecular weight is 216 g/mol. The molecule has 0 aromatic heterocycles. The summed E-state index contributed by atoms with van der Waals surface area (Å²) in [7, 11) is 1.57. The van der Waals surface area contributed by atoms with Crippen LogP contribution in [-0.4, -0.2) is 13.1 Å². The van der Waals surface area contributed by atoms with Crippen molar-refractivity contribution >= 4 is 11.7 Å². The molecule has 1 aromatic rings. The molecular formula is C11H12N4O. The smallest absolute Gasteiger partial charge is 0.286 e. The zero-order chi connectivity index (χ0) is 11.4. The summed E-state index contributed by atoms with van der Waals surface area (Å²) in [5.74, 6) is 0.636. The van der Waals surface area contributed by atoms with E-state index in [1.165, 1.54) is 0 Å². The van der Waals surface area contributed by atoms with Gasteiger partial charge in [-0.05, 0) is 11.6 Å². The molecule has 0 spiro atoms. The molecule has 0 bridgehead atoms. The second kappa shape index (κ2) is 4.57. The van der Waals surface area contributed by atoms with Gasteiger partial charge in [-0.25, -0.2) is 4.99 Å². The number of allylic oxidation sites excluding steroid dienone is 1. The molecule has 0 unspecified atom stereocenters. The third-order valence-corrected chi connectivity index (χ3v) is 2.18. The molecule has 1 aromatic carbocycles. The molecule has 0 fully saturated rings. The lowest BCUT2D eigenvalue weighted by Gasteiger charge is -2.07. The highest BCUT2D eigenvalue weighted by atomic mass is 16.5. The summed E-state index contributed by atoms with van der Waals surface area (Å²) in [4.78, 5) is 3.73. The van der Waals surface area contributed by atoms with Crippen molar-refractivity contribution in [3.05, 3.63) is 41.8 Å². The Morgan fingerprint density at radius 2 is 2.25 bits per heavy atom. The minimum absolute atomic E-state index is 0.126. The van der Waals surface area contributed by atoms with Gasteiger partial charge >= 0.3 is 0 Å². The second-order valence-electron chi connectivity index (χ2n) is 3.28. The maximum absolute atomic E-state index is 5.49. The van der Waals surface area contributed by atoms with Crippen molar-refractivity contribution in [1.82, 2.24) is 0 Å². The van der Waals surface area contributed by atoms with E-state index in [4.69, 9.17) is 10.5 Å². The summed E-state index contributed by atoms with van der Waals surface area (Å²) in [5, 5.41) is 7.97. The summed E-state index contributed by atoms with van der Waals surface area (Å²) in [6, 6.07) is 7.89. The molecule has 1 aliphatic heterocycles. The molecule has 2 rings (SSSR count). The number of rotatable bonds is 1. The summed E-state index contributed by atoms with van der Waals surface area (Å²) in [5.41, 5.74) is 7.40. The predicted octanol–water partition coefficient (Wildman–Crippen LogP) is 2.13. The maximum atomic E-state index is 5.49. The van der Waals surface area contributed by atoms with E-state index in [0.29, 0.717) is 12.2 Å². The van der Waals surface area contributed by atoms with Crippen LogP contribution in [0.5, 0.6) is 0 Å². The van der Waals surface area contributed by atoms with E-state index in [1.807, 2.05) is 24.3 Å². The number of nitrogens with two attached hydrogens (primary N) is 1. The molecule has 0 saturated carbocycles. The zero-order valence-corrected chi connectivity index (χ0v) is 8.92. The van der Waals surface area contributed by atoms with Crippen LogP contribution in [0, 0.1) is 0 Å². The van der Waals surface area contributed by atoms with E-state index in [9.17, 15) is 0 Å². The minimum atomic E-state index is 0.126. The number of hydrogen-bond donors (Lipinski definition) is 1. The lowest BCUT2D eigenvalue weighted by atomic mass is 10.1. The van der Waals surface area contributed by atoms with Crippen LogP contribution in [0.2, 0.25) is 0 Å². The second-order valence-corrected chi connectivity index (χ2v) is 3.28. The largest absolute Gasteiger partial charge is 0.429 e. The van der Waals surface area contributed by atoms with Crippen molar-refractivity contribution in [1.29, 1.82) is 0 Å². The van der Waals surface area contributed by atoms with Gasteiger partial charge in [0.2, 0.25) is 0 Å². The van der Waals surface area contributed by atoms with Crippen LogP contribution in [0.4, 0.5) is 5.69 Å². The number of hydrogen-bond acceptors (Lipinski definition) is 4. The molecule has 16 heavy (non-hydrogen) atoms. The molecular weight excluding hydrogens is 204 g/mol. The van der Waals surface area contributed by atoms with Gasteiger partial charge in [-0.2, -0.15) is 10.2 Å². The van der Waals surface area contributed by atoms with E-state index in [2.05, 4.69) is 15.2 Å². The Hall–Kier alpha value is -2.17. The van der Waals surface area contributed by atoms with Gasteiger partial charge in [-0.1, -0.05) is 18.2 Å². The van der Waals surface area contributed by atoms with Gasteiger partial charge in [0.05, 0.1) is 11.9 Å². The topological polar surface area (TPSA) is 72.3 Å². The van der Waals surface area contributed by atoms with E-state index >= 15 is 0 Å². The molecule has 0 saturated heterocycles. The van der Waals surface area contributed by atoms with Crippen LogP contribution in [0.25, 0.3) is 0 Å². The van der Waals surface area contributed by atoms with Crippen molar-refractivity contribution in [2.24, 2.45) is 21.0 Å². The summed E-state index contributed by atoms with van der Waals surface area (Å²) < 4.78 is 5.31. The highest BCUT2D eigenvalue weighted by Gasteiger charge is 2.09. The first-order valence-corrected chi connectivity index (χ1v) is 4.87. The van der Waals surface area contributed by atoms with Crippen molar-refractivity contribution in [3.8, 4) is 0 Å². The van der Waals surface area contributed by atoms with E-state index in [0.717, 1.165) is 11.3 Å². The molecule has 0 aliphatic carbocycles. The lowest BCUT2D eigenvalue weighted by Crippen LogP contribution is -2.16.